The lowest BCUT2D eigenvalue weighted by Gasteiger charge is -2.00. The summed E-state index contributed by atoms with van der Waals surface area (Å²) in [5.41, 5.74) is 0.293. The van der Waals surface area contributed by atoms with Crippen molar-refractivity contribution in [3.05, 3.63) is 12.3 Å². The van der Waals surface area contributed by atoms with Gasteiger partial charge < -0.3 is 5.32 Å². The third-order valence-corrected chi connectivity index (χ3v) is 1.13. The number of nitrogens with one attached hydrogen (secondary N) is 1. The van der Waals surface area contributed by atoms with Crippen LogP contribution >= 0.6 is 0 Å². The Kier molecular flexibility index (Phi) is 3.31. The first kappa shape index (κ1) is 9.38. The maximum atomic E-state index is 11.6. The summed E-state index contributed by atoms with van der Waals surface area (Å²) in [6.45, 7) is 2.93. The Labute approximate surface area is 59.1 Å². The highest BCUT2D eigenvalue weighted by Crippen LogP contribution is 1.95. The van der Waals surface area contributed by atoms with Gasteiger partial charge in [0.2, 0.25) is 0 Å². The van der Waals surface area contributed by atoms with Crippen LogP contribution < -0.4 is 5.32 Å². The molecule has 0 unspecified atom stereocenters. The third-order valence-electron chi connectivity index (χ3n) is 0.727. The highest BCUT2D eigenvalue weighted by molar-refractivity contribution is 7.81. The molecule has 0 aliphatic rings. The second kappa shape index (κ2) is 3.52. The van der Waals surface area contributed by atoms with Crippen LogP contribution in [0.5, 0.6) is 0 Å². The van der Waals surface area contributed by atoms with Crippen LogP contribution in [0.15, 0.2) is 12.3 Å². The first-order chi connectivity index (χ1) is 4.45. The number of rotatable bonds is 4. The molecular formula is C4H8FNO3S. The van der Waals surface area contributed by atoms with Crippen molar-refractivity contribution >= 4 is 10.5 Å². The van der Waals surface area contributed by atoms with Crippen molar-refractivity contribution in [3.8, 4) is 0 Å². The lowest BCUT2D eigenvalue weighted by molar-refractivity contribution is 0.315. The zero-order valence-corrected chi connectivity index (χ0v) is 6.24. The quantitative estimate of drug-likeness (QED) is 0.599. The Morgan fingerprint density at radius 3 is 2.60 bits per heavy atom. The van der Waals surface area contributed by atoms with Crippen LogP contribution in [0.2, 0.25) is 0 Å². The lowest BCUT2D eigenvalue weighted by Crippen LogP contribution is -2.12. The van der Waals surface area contributed by atoms with Crippen LogP contribution in [0.25, 0.3) is 0 Å². The molecule has 0 heterocycles. The van der Waals surface area contributed by atoms with E-state index >= 15 is 0 Å². The van der Waals surface area contributed by atoms with Crippen LogP contribution in [0, 0.1) is 0 Å². The Bertz CT molecular complexity index is 211. The standard InChI is InChI=1S/C4H8FNO3S/c1-4(6-2)3-9-10(5,7)8/h6H,1,3H2,2H3. The van der Waals surface area contributed by atoms with Gasteiger partial charge in [0.25, 0.3) is 0 Å². The highest BCUT2D eigenvalue weighted by atomic mass is 32.3. The molecule has 1 N–H and O–H groups in total. The summed E-state index contributed by atoms with van der Waals surface area (Å²) in [5, 5.41) is 2.49. The summed E-state index contributed by atoms with van der Waals surface area (Å²) in [4.78, 5) is 0. The number of hydrogen-bond donors (Lipinski definition) is 1. The molecule has 0 aromatic rings. The van der Waals surface area contributed by atoms with Gasteiger partial charge in [-0.25, -0.2) is 4.18 Å². The van der Waals surface area contributed by atoms with E-state index in [0.29, 0.717) is 5.70 Å². The monoisotopic (exact) mass is 169 g/mol. The van der Waals surface area contributed by atoms with Crippen molar-refractivity contribution in [2.24, 2.45) is 0 Å². The molecule has 0 aliphatic heterocycles. The Morgan fingerprint density at radius 1 is 1.80 bits per heavy atom. The Hall–Kier alpha value is -0.620. The molecule has 0 aromatic carbocycles. The maximum Gasteiger partial charge on any atom is 0.437 e. The van der Waals surface area contributed by atoms with Gasteiger partial charge in [-0.05, 0) is 0 Å². The molecule has 6 heteroatoms. The van der Waals surface area contributed by atoms with Crippen LogP contribution in [0.1, 0.15) is 0 Å². The van der Waals surface area contributed by atoms with Crippen molar-refractivity contribution in [1.29, 1.82) is 0 Å². The molecule has 0 aromatic heterocycles. The number of halogens is 1. The normalized spacial score (nSPS) is 11.0. The minimum Gasteiger partial charge on any atom is -0.390 e. The molecule has 0 saturated carbocycles. The van der Waals surface area contributed by atoms with Gasteiger partial charge in [-0.2, -0.15) is 8.42 Å². The molecule has 60 valence electrons. The van der Waals surface area contributed by atoms with Crippen LogP contribution in [0.4, 0.5) is 3.89 Å². The van der Waals surface area contributed by atoms with Crippen LogP contribution in [0.3, 0.4) is 0 Å². The average Bonchev–Trinajstić information content (AvgIpc) is 1.81. The van der Waals surface area contributed by atoms with Gasteiger partial charge in [0.05, 0.1) is 0 Å². The smallest absolute Gasteiger partial charge is 0.390 e. The summed E-state index contributed by atoms with van der Waals surface area (Å²) in [6.07, 6.45) is 0. The molecule has 0 fully saturated rings. The first-order valence-corrected chi connectivity index (χ1v) is 3.71. The lowest BCUT2D eigenvalue weighted by atomic mass is 10.5. The van der Waals surface area contributed by atoms with Gasteiger partial charge in [0.15, 0.2) is 0 Å². The van der Waals surface area contributed by atoms with E-state index in [9.17, 15) is 12.3 Å². The van der Waals surface area contributed by atoms with Gasteiger partial charge in [-0.3, -0.25) is 0 Å². The second-order valence-electron chi connectivity index (χ2n) is 1.51. The van der Waals surface area contributed by atoms with E-state index in [1.165, 1.54) is 7.05 Å². The summed E-state index contributed by atoms with van der Waals surface area (Å²) in [6, 6.07) is 0. The zero-order valence-electron chi connectivity index (χ0n) is 5.43. The van der Waals surface area contributed by atoms with E-state index in [4.69, 9.17) is 0 Å². The Balaban J connectivity index is 3.67. The molecular weight excluding hydrogens is 161 g/mol. The average molecular weight is 169 g/mol. The molecule has 0 bridgehead atoms. The van der Waals surface area contributed by atoms with Gasteiger partial charge in [0, 0.05) is 12.7 Å². The molecule has 0 rings (SSSR count). The minimum absolute atomic E-state index is 0.293. The van der Waals surface area contributed by atoms with E-state index in [1.54, 1.807) is 0 Å². The fourth-order valence-electron chi connectivity index (χ4n) is 0.214. The third kappa shape index (κ3) is 5.52. The van der Waals surface area contributed by atoms with Crippen molar-refractivity contribution in [2.45, 2.75) is 0 Å². The highest BCUT2D eigenvalue weighted by Gasteiger charge is 2.06. The molecule has 0 atom stereocenters. The van der Waals surface area contributed by atoms with Gasteiger partial charge in [-0.1, -0.05) is 10.5 Å². The van der Waals surface area contributed by atoms with Crippen molar-refractivity contribution in [2.75, 3.05) is 13.7 Å². The zero-order chi connectivity index (χ0) is 8.20. The van der Waals surface area contributed by atoms with Gasteiger partial charge >= 0.3 is 10.5 Å². The predicted octanol–water partition coefficient (Wildman–Crippen LogP) is -0.0496. The molecule has 4 nitrogen and oxygen atoms in total. The molecule has 0 aliphatic carbocycles. The largest absolute Gasteiger partial charge is 0.437 e. The van der Waals surface area contributed by atoms with Crippen molar-refractivity contribution in [3.63, 3.8) is 0 Å². The summed E-state index contributed by atoms with van der Waals surface area (Å²) in [7, 11) is -3.31. The molecule has 0 saturated heterocycles. The number of hydrogen-bond acceptors (Lipinski definition) is 4. The fraction of sp³-hybridized carbons (Fsp3) is 0.500. The van der Waals surface area contributed by atoms with E-state index in [0.717, 1.165) is 0 Å². The minimum atomic E-state index is -4.83. The summed E-state index contributed by atoms with van der Waals surface area (Å²) < 4.78 is 34.7. The van der Waals surface area contributed by atoms with E-state index in [1.807, 2.05) is 0 Å². The van der Waals surface area contributed by atoms with E-state index in [2.05, 4.69) is 16.1 Å². The van der Waals surface area contributed by atoms with Crippen LogP contribution in [-0.4, -0.2) is 22.1 Å². The fourth-order valence-corrected chi connectivity index (χ4v) is 0.497. The van der Waals surface area contributed by atoms with Crippen LogP contribution in [-0.2, 0) is 14.7 Å². The summed E-state index contributed by atoms with van der Waals surface area (Å²) >= 11 is 0. The van der Waals surface area contributed by atoms with E-state index in [-0.39, 0.29) is 6.61 Å². The first-order valence-electron chi connectivity index (χ1n) is 2.40. The Morgan fingerprint density at radius 2 is 2.30 bits per heavy atom. The van der Waals surface area contributed by atoms with E-state index < -0.39 is 10.5 Å². The molecule has 0 spiro atoms. The predicted molar refractivity (Wildman–Crippen MR) is 34.2 cm³/mol. The SMILES string of the molecule is C=C(COS(=O)(=O)F)NC. The summed E-state index contributed by atoms with van der Waals surface area (Å²) in [5.74, 6) is 0. The molecule has 10 heavy (non-hydrogen) atoms. The second-order valence-corrected chi connectivity index (χ2v) is 2.53. The number of likely N-dealkylation sites (N-methyl/N-ethyl adjacent to an activating group) is 1. The van der Waals surface area contributed by atoms with Gasteiger partial charge in [0.1, 0.15) is 6.61 Å². The molecule has 0 radical (unpaired) electrons. The maximum absolute atomic E-state index is 11.6. The van der Waals surface area contributed by atoms with Crippen molar-refractivity contribution < 1.29 is 16.5 Å². The van der Waals surface area contributed by atoms with Gasteiger partial charge in [-0.15, -0.1) is 0 Å². The molecule has 0 amide bonds. The van der Waals surface area contributed by atoms with Crippen molar-refractivity contribution in [1.82, 2.24) is 5.32 Å². The topological polar surface area (TPSA) is 55.4 Å².